The van der Waals surface area contributed by atoms with Crippen molar-refractivity contribution < 1.29 is 72.3 Å². The summed E-state index contributed by atoms with van der Waals surface area (Å²) in [6.45, 7) is 0. The van der Waals surface area contributed by atoms with Gasteiger partial charge < -0.3 is 53.6 Å². The molecule has 0 atom stereocenters. The van der Waals surface area contributed by atoms with Crippen LogP contribution in [-0.2, 0) is 36.8 Å². The van der Waals surface area contributed by atoms with Crippen LogP contribution in [0.4, 0.5) is 0 Å². The van der Waals surface area contributed by atoms with Gasteiger partial charge in [0.15, 0.2) is 12.6 Å². The molecule has 0 unspecified atom stereocenters. The van der Waals surface area contributed by atoms with E-state index < -0.39 is 33.6 Å². The van der Waals surface area contributed by atoms with Gasteiger partial charge in [0.05, 0.1) is 0 Å². The molecule has 15 nitrogen and oxygen atoms in total. The molecule has 0 fully saturated rings. The molecule has 0 amide bonds. The summed E-state index contributed by atoms with van der Waals surface area (Å²) in [6, 6.07) is 0. The van der Waals surface area contributed by atoms with Crippen LogP contribution in [0.1, 0.15) is 0 Å². The maximum atomic E-state index is 11.0. The van der Waals surface area contributed by atoms with Gasteiger partial charge in [-0.05, 0) is 0 Å². The number of aldehydes is 2. The average Bonchev–Trinajstić information content (AvgIpc) is 2.59. The van der Waals surface area contributed by atoms with Crippen molar-refractivity contribution in [2.24, 2.45) is 0 Å². The zero-order valence-corrected chi connectivity index (χ0v) is 15.8. The van der Waals surface area contributed by atoms with E-state index in [4.69, 9.17) is 35.5 Å². The van der Waals surface area contributed by atoms with Crippen molar-refractivity contribution in [2.75, 3.05) is 28.4 Å². The number of rotatable bonds is 8. The Morgan fingerprint density at radius 3 is 0.889 bits per heavy atom. The minimum atomic E-state index is -4.14. The van der Waals surface area contributed by atoms with Gasteiger partial charge in [-0.3, -0.25) is 18.7 Å². The summed E-state index contributed by atoms with van der Waals surface area (Å²) in [4.78, 5) is 19.9. The molecule has 158 valence electrons. The third-order valence-corrected chi connectivity index (χ3v) is 5.83. The first-order valence-corrected chi connectivity index (χ1v) is 8.98. The molecule has 0 radical (unpaired) electrons. The summed E-state index contributed by atoms with van der Waals surface area (Å²) in [7, 11) is -6.69. The van der Waals surface area contributed by atoms with Gasteiger partial charge in [-0.1, -0.05) is 0 Å². The number of carbonyl (C=O) groups excluding carboxylic acids is 2. The number of hydrogen-bond acceptors (Lipinski definition) is 15. The van der Waals surface area contributed by atoms with Crippen molar-refractivity contribution >= 4 is 53.9 Å². The van der Waals surface area contributed by atoms with Crippen LogP contribution in [0.3, 0.4) is 0 Å². The molecule has 0 aromatic heterocycles. The zero-order chi connectivity index (χ0) is 21.8. The van der Waals surface area contributed by atoms with Crippen LogP contribution in [-0.4, -0.2) is 114 Å². The van der Waals surface area contributed by atoms with Gasteiger partial charge in [-0.15, -0.1) is 0 Å². The minimum absolute atomic E-state index is 0. The summed E-state index contributed by atoms with van der Waals surface area (Å²) in [5, 5.41) is 56.4. The first-order chi connectivity index (χ1) is 11.6. The average molecular weight is 438 g/mol. The van der Waals surface area contributed by atoms with Gasteiger partial charge in [-0.2, -0.15) is 0 Å². The molecule has 0 bridgehead atoms. The van der Waals surface area contributed by atoms with Crippen LogP contribution in [0.2, 0.25) is 0 Å². The Morgan fingerprint density at radius 2 is 0.852 bits per heavy atom. The van der Waals surface area contributed by atoms with Gasteiger partial charge in [-0.25, -0.2) is 0 Å². The predicted molar refractivity (Wildman–Crippen MR) is 89.3 cm³/mol. The van der Waals surface area contributed by atoms with E-state index in [1.165, 1.54) is 0 Å². The summed E-state index contributed by atoms with van der Waals surface area (Å²) in [6.07, 6.45) is -0.637. The van der Waals surface area contributed by atoms with Crippen molar-refractivity contribution in [3.63, 3.8) is 0 Å². The molecular formula is C8H22BLiO15P2. The second-order valence-corrected chi connectivity index (χ2v) is 8.45. The second kappa shape index (κ2) is 14.9. The standard InChI is InChI=1S/2C4H9O6P.BH3O3.Li.H/c2*1-9-11(8,10-2)4(6,7)3-5;2-1(3)4;;/h2*3,6-7H,1-2H3;2-4H;;. The third kappa shape index (κ3) is 11.6. The topological polar surface area (TPSA) is 247 Å². The van der Waals surface area contributed by atoms with Crippen LogP contribution in [0, 0.1) is 0 Å². The van der Waals surface area contributed by atoms with Gasteiger partial charge in [0.2, 0.25) is 0 Å². The van der Waals surface area contributed by atoms with E-state index in [1.54, 1.807) is 0 Å². The summed E-state index contributed by atoms with van der Waals surface area (Å²) in [5.74, 6) is 0. The van der Waals surface area contributed by atoms with E-state index in [9.17, 15) is 18.7 Å². The van der Waals surface area contributed by atoms with E-state index in [1.807, 2.05) is 0 Å². The Balaban J connectivity index is -0.000000159. The molecular weight excluding hydrogens is 416 g/mol. The molecule has 7 N–H and O–H groups in total. The van der Waals surface area contributed by atoms with Crippen molar-refractivity contribution in [1.29, 1.82) is 0 Å². The Bertz CT molecular complexity index is 451. The fourth-order valence-corrected chi connectivity index (χ4v) is 2.45. The van der Waals surface area contributed by atoms with Crippen LogP contribution in [0.25, 0.3) is 0 Å². The number of carbonyl (C=O) groups is 2. The molecule has 0 aromatic rings. The van der Waals surface area contributed by atoms with E-state index in [0.29, 0.717) is 0 Å². The zero-order valence-electron chi connectivity index (χ0n) is 14.0. The second-order valence-electron chi connectivity index (χ2n) is 3.68. The molecule has 0 saturated heterocycles. The molecule has 0 spiro atoms. The quantitative estimate of drug-likeness (QED) is 0.0824. The molecule has 0 aromatic carbocycles. The molecule has 19 heteroatoms. The molecule has 0 aliphatic rings. The molecule has 0 aliphatic heterocycles. The maximum absolute atomic E-state index is 11.0. The Labute approximate surface area is 166 Å². The fourth-order valence-electron chi connectivity index (χ4n) is 0.816. The Morgan fingerprint density at radius 1 is 0.704 bits per heavy atom. The Kier molecular flexibility index (Phi) is 19.1. The normalized spacial score (nSPS) is 11.7. The molecule has 0 rings (SSSR count). The van der Waals surface area contributed by atoms with E-state index in [2.05, 4.69) is 18.1 Å². The van der Waals surface area contributed by atoms with Gasteiger partial charge in [0, 0.05) is 28.4 Å². The van der Waals surface area contributed by atoms with Crippen LogP contribution < -0.4 is 0 Å². The van der Waals surface area contributed by atoms with Crippen molar-refractivity contribution in [1.82, 2.24) is 0 Å². The number of aliphatic hydroxyl groups is 4. The summed E-state index contributed by atoms with van der Waals surface area (Å²) in [5.41, 5.74) is -6.15. The Hall–Kier alpha value is 0.0223. The van der Waals surface area contributed by atoms with Crippen LogP contribution >= 0.6 is 15.2 Å². The van der Waals surface area contributed by atoms with Gasteiger partial charge in [0.1, 0.15) is 0 Å². The first-order valence-electron chi connectivity index (χ1n) is 5.89. The number of hydrogen-bond donors (Lipinski definition) is 7. The van der Waals surface area contributed by atoms with Gasteiger partial charge >= 0.3 is 52.4 Å². The SMILES string of the molecule is COP(=O)(OC)C(O)(O)C=O.COP(=O)(OC)C(O)(O)C=O.OB(O)O.[LiH]. The fraction of sp³-hybridized carbons (Fsp3) is 0.750. The molecule has 0 heterocycles. The van der Waals surface area contributed by atoms with Crippen molar-refractivity contribution in [3.05, 3.63) is 0 Å². The van der Waals surface area contributed by atoms with E-state index in [0.717, 1.165) is 28.4 Å². The molecule has 27 heavy (non-hydrogen) atoms. The van der Waals surface area contributed by atoms with Gasteiger partial charge in [0.25, 0.3) is 0 Å². The predicted octanol–water partition coefficient (Wildman–Crippen LogP) is -4.08. The van der Waals surface area contributed by atoms with E-state index >= 15 is 0 Å². The monoisotopic (exact) mass is 438 g/mol. The van der Waals surface area contributed by atoms with Crippen molar-refractivity contribution in [3.8, 4) is 0 Å². The van der Waals surface area contributed by atoms with Crippen LogP contribution in [0.15, 0.2) is 0 Å². The molecule has 0 aliphatic carbocycles. The summed E-state index contributed by atoms with van der Waals surface area (Å²) >= 11 is 0. The third-order valence-electron chi connectivity index (χ3n) is 2.08. The first kappa shape index (κ1) is 34.5. The van der Waals surface area contributed by atoms with Crippen LogP contribution in [0.5, 0.6) is 0 Å². The molecule has 0 saturated carbocycles. The summed E-state index contributed by atoms with van der Waals surface area (Å²) < 4.78 is 38.6. The van der Waals surface area contributed by atoms with E-state index in [-0.39, 0.29) is 31.4 Å². The van der Waals surface area contributed by atoms with Crippen molar-refractivity contribution in [2.45, 2.75) is 11.1 Å².